The summed E-state index contributed by atoms with van der Waals surface area (Å²) >= 11 is 0. The van der Waals surface area contributed by atoms with E-state index < -0.39 is 0 Å². The first-order valence-corrected chi connectivity index (χ1v) is 6.02. The van der Waals surface area contributed by atoms with Crippen LogP contribution < -0.4 is 5.32 Å². The number of hydrogen-bond donors (Lipinski definition) is 1. The van der Waals surface area contributed by atoms with Gasteiger partial charge in [-0.3, -0.25) is 0 Å². The summed E-state index contributed by atoms with van der Waals surface area (Å²) in [5, 5.41) is 3.61. The van der Waals surface area contributed by atoms with E-state index in [0.29, 0.717) is 11.5 Å². The summed E-state index contributed by atoms with van der Waals surface area (Å²) in [6.45, 7) is 5.65. The Morgan fingerprint density at radius 3 is 2.87 bits per heavy atom. The van der Waals surface area contributed by atoms with Crippen molar-refractivity contribution in [3.8, 4) is 0 Å². The van der Waals surface area contributed by atoms with Gasteiger partial charge in [-0.05, 0) is 50.3 Å². The number of rotatable bonds is 6. The summed E-state index contributed by atoms with van der Waals surface area (Å²) < 4.78 is 5.44. The minimum atomic E-state index is 0.479. The quantitative estimate of drug-likeness (QED) is 0.775. The van der Waals surface area contributed by atoms with Gasteiger partial charge in [0.15, 0.2) is 0 Å². The molecule has 1 fully saturated rings. The SMILES string of the molecule is CCCNC(C)C1(Cc2ccco2)CC1. The molecule has 0 aliphatic heterocycles. The molecule has 0 radical (unpaired) electrons. The Bertz CT molecular complexity index is 287. The maximum atomic E-state index is 5.44. The van der Waals surface area contributed by atoms with Gasteiger partial charge in [0.25, 0.3) is 0 Å². The van der Waals surface area contributed by atoms with Crippen molar-refractivity contribution in [2.24, 2.45) is 5.41 Å². The molecular weight excluding hydrogens is 186 g/mol. The Kier molecular flexibility index (Phi) is 3.15. The normalized spacial score (nSPS) is 20.1. The Morgan fingerprint density at radius 2 is 2.33 bits per heavy atom. The fourth-order valence-electron chi connectivity index (χ4n) is 2.26. The van der Waals surface area contributed by atoms with Crippen molar-refractivity contribution in [3.63, 3.8) is 0 Å². The molecule has 0 spiro atoms. The van der Waals surface area contributed by atoms with Crippen molar-refractivity contribution in [1.29, 1.82) is 0 Å². The summed E-state index contributed by atoms with van der Waals surface area (Å²) in [6.07, 6.45) is 6.76. The van der Waals surface area contributed by atoms with Gasteiger partial charge in [-0.15, -0.1) is 0 Å². The number of nitrogens with one attached hydrogen (secondary N) is 1. The van der Waals surface area contributed by atoms with Crippen LogP contribution in [0.4, 0.5) is 0 Å². The van der Waals surface area contributed by atoms with Crippen LogP contribution in [-0.2, 0) is 6.42 Å². The lowest BCUT2D eigenvalue weighted by Crippen LogP contribution is -2.36. The average molecular weight is 207 g/mol. The maximum absolute atomic E-state index is 5.44. The Morgan fingerprint density at radius 1 is 1.53 bits per heavy atom. The van der Waals surface area contributed by atoms with Gasteiger partial charge in [0.2, 0.25) is 0 Å². The molecule has 0 aromatic carbocycles. The summed E-state index contributed by atoms with van der Waals surface area (Å²) in [6, 6.07) is 4.69. The monoisotopic (exact) mass is 207 g/mol. The predicted octanol–water partition coefficient (Wildman–Crippen LogP) is 2.99. The minimum Gasteiger partial charge on any atom is -0.469 e. The number of hydrogen-bond acceptors (Lipinski definition) is 2. The topological polar surface area (TPSA) is 25.2 Å². The first-order valence-electron chi connectivity index (χ1n) is 6.02. The van der Waals surface area contributed by atoms with Crippen molar-refractivity contribution in [1.82, 2.24) is 5.32 Å². The highest BCUT2D eigenvalue weighted by Gasteiger charge is 2.47. The van der Waals surface area contributed by atoms with Crippen LogP contribution in [0.15, 0.2) is 22.8 Å². The van der Waals surface area contributed by atoms with Crippen LogP contribution >= 0.6 is 0 Å². The smallest absolute Gasteiger partial charge is 0.104 e. The van der Waals surface area contributed by atoms with E-state index in [-0.39, 0.29) is 0 Å². The molecule has 1 saturated carbocycles. The summed E-state index contributed by atoms with van der Waals surface area (Å²) in [7, 11) is 0. The lowest BCUT2D eigenvalue weighted by Gasteiger charge is -2.23. The van der Waals surface area contributed by atoms with E-state index in [1.807, 2.05) is 6.07 Å². The fourth-order valence-corrected chi connectivity index (χ4v) is 2.26. The fraction of sp³-hybridized carbons (Fsp3) is 0.692. The van der Waals surface area contributed by atoms with Crippen LogP contribution in [0.1, 0.15) is 38.9 Å². The zero-order valence-corrected chi connectivity index (χ0v) is 9.75. The molecule has 1 atom stereocenters. The van der Waals surface area contributed by atoms with Crippen LogP contribution in [0, 0.1) is 5.41 Å². The van der Waals surface area contributed by atoms with Crippen molar-refractivity contribution in [2.75, 3.05) is 6.54 Å². The third-order valence-corrected chi connectivity index (χ3v) is 3.62. The molecule has 84 valence electrons. The Labute approximate surface area is 92.1 Å². The molecule has 0 saturated heterocycles. The molecule has 2 heteroatoms. The van der Waals surface area contributed by atoms with Gasteiger partial charge in [0.05, 0.1) is 6.26 Å². The lowest BCUT2D eigenvalue weighted by molar-refractivity contribution is 0.326. The maximum Gasteiger partial charge on any atom is 0.104 e. The molecule has 1 N–H and O–H groups in total. The van der Waals surface area contributed by atoms with Crippen LogP contribution in [0.25, 0.3) is 0 Å². The molecule has 0 amide bonds. The van der Waals surface area contributed by atoms with Gasteiger partial charge < -0.3 is 9.73 Å². The second-order valence-corrected chi connectivity index (χ2v) is 4.79. The van der Waals surface area contributed by atoms with Gasteiger partial charge in [-0.1, -0.05) is 6.92 Å². The van der Waals surface area contributed by atoms with Crippen molar-refractivity contribution >= 4 is 0 Å². The summed E-state index contributed by atoms with van der Waals surface area (Å²) in [4.78, 5) is 0. The van der Waals surface area contributed by atoms with Gasteiger partial charge in [-0.25, -0.2) is 0 Å². The van der Waals surface area contributed by atoms with Crippen LogP contribution in [0.3, 0.4) is 0 Å². The van der Waals surface area contributed by atoms with Crippen molar-refractivity contribution < 1.29 is 4.42 Å². The second-order valence-electron chi connectivity index (χ2n) is 4.79. The first-order chi connectivity index (χ1) is 7.27. The van der Waals surface area contributed by atoms with E-state index in [9.17, 15) is 0 Å². The first kappa shape index (κ1) is 10.7. The number of furan rings is 1. The van der Waals surface area contributed by atoms with E-state index in [1.165, 1.54) is 19.3 Å². The van der Waals surface area contributed by atoms with Crippen LogP contribution in [0.2, 0.25) is 0 Å². The molecule has 15 heavy (non-hydrogen) atoms. The van der Waals surface area contributed by atoms with Gasteiger partial charge in [0.1, 0.15) is 5.76 Å². The molecule has 1 aliphatic carbocycles. The van der Waals surface area contributed by atoms with E-state index in [2.05, 4.69) is 25.2 Å². The molecule has 2 rings (SSSR count). The zero-order valence-electron chi connectivity index (χ0n) is 9.75. The van der Waals surface area contributed by atoms with E-state index >= 15 is 0 Å². The van der Waals surface area contributed by atoms with Gasteiger partial charge in [0, 0.05) is 12.5 Å². The highest BCUT2D eigenvalue weighted by Crippen LogP contribution is 2.51. The van der Waals surface area contributed by atoms with Gasteiger partial charge in [-0.2, -0.15) is 0 Å². The minimum absolute atomic E-state index is 0.479. The molecule has 1 heterocycles. The molecule has 1 aromatic heterocycles. The van der Waals surface area contributed by atoms with E-state index in [0.717, 1.165) is 18.7 Å². The molecular formula is C13H21NO. The molecule has 2 nitrogen and oxygen atoms in total. The highest BCUT2D eigenvalue weighted by atomic mass is 16.3. The lowest BCUT2D eigenvalue weighted by atomic mass is 9.92. The predicted molar refractivity (Wildman–Crippen MR) is 61.8 cm³/mol. The van der Waals surface area contributed by atoms with Gasteiger partial charge >= 0.3 is 0 Å². The van der Waals surface area contributed by atoms with Crippen LogP contribution in [-0.4, -0.2) is 12.6 Å². The summed E-state index contributed by atoms with van der Waals surface area (Å²) in [5.74, 6) is 1.14. The van der Waals surface area contributed by atoms with E-state index in [4.69, 9.17) is 4.42 Å². The zero-order chi connectivity index (χ0) is 10.7. The Balaban J connectivity index is 1.89. The molecule has 1 aliphatic rings. The standard InChI is InChI=1S/C13H21NO/c1-3-8-14-11(2)13(6-7-13)10-12-5-4-9-15-12/h4-5,9,11,14H,3,6-8,10H2,1-2H3. The van der Waals surface area contributed by atoms with E-state index in [1.54, 1.807) is 6.26 Å². The third kappa shape index (κ3) is 2.43. The highest BCUT2D eigenvalue weighted by molar-refractivity contribution is 5.10. The third-order valence-electron chi connectivity index (χ3n) is 3.62. The largest absolute Gasteiger partial charge is 0.469 e. The van der Waals surface area contributed by atoms with Crippen molar-refractivity contribution in [2.45, 2.75) is 45.6 Å². The molecule has 1 unspecified atom stereocenters. The summed E-state index contributed by atoms with van der Waals surface area (Å²) in [5.41, 5.74) is 0.479. The van der Waals surface area contributed by atoms with Crippen molar-refractivity contribution in [3.05, 3.63) is 24.2 Å². The second kappa shape index (κ2) is 4.40. The molecule has 0 bridgehead atoms. The average Bonchev–Trinajstić information content (AvgIpc) is 2.83. The molecule has 1 aromatic rings. The Hall–Kier alpha value is -0.760. The van der Waals surface area contributed by atoms with Crippen LogP contribution in [0.5, 0.6) is 0 Å².